The standard InChI is InChI=1S/C25H23N3O4/c1-32-21-14-12-18(13-15-21)17-27-22(16-23(29)26-19-8-4-2-5-9-19)24(30)28(25(27)31)20-10-6-3-7-11-20/h2-15,22H,16-17H2,1H3,(H,26,29). The van der Waals surface area contributed by atoms with Crippen molar-refractivity contribution < 1.29 is 19.1 Å². The predicted octanol–water partition coefficient (Wildman–Crippen LogP) is 4.06. The third kappa shape index (κ3) is 4.46. The number of carbonyl (C=O) groups is 3. The van der Waals surface area contributed by atoms with E-state index in [-0.39, 0.29) is 18.9 Å². The molecule has 1 saturated heterocycles. The van der Waals surface area contributed by atoms with Crippen LogP contribution in [0.4, 0.5) is 16.2 Å². The van der Waals surface area contributed by atoms with E-state index in [4.69, 9.17) is 4.74 Å². The topological polar surface area (TPSA) is 79.0 Å². The highest BCUT2D eigenvalue weighted by molar-refractivity contribution is 6.22. The Balaban J connectivity index is 1.59. The molecule has 1 aliphatic heterocycles. The van der Waals surface area contributed by atoms with Gasteiger partial charge < -0.3 is 15.0 Å². The van der Waals surface area contributed by atoms with Crippen LogP contribution in [0.3, 0.4) is 0 Å². The fourth-order valence-corrected chi connectivity index (χ4v) is 3.67. The maximum absolute atomic E-state index is 13.3. The summed E-state index contributed by atoms with van der Waals surface area (Å²) in [7, 11) is 1.58. The van der Waals surface area contributed by atoms with Gasteiger partial charge in [0.1, 0.15) is 11.8 Å². The Morgan fingerprint density at radius 3 is 2.16 bits per heavy atom. The Hall–Kier alpha value is -4.13. The van der Waals surface area contributed by atoms with Crippen molar-refractivity contribution >= 4 is 29.2 Å². The van der Waals surface area contributed by atoms with Crippen molar-refractivity contribution in [2.24, 2.45) is 0 Å². The number of methoxy groups -OCH3 is 1. The van der Waals surface area contributed by atoms with Gasteiger partial charge in [-0.3, -0.25) is 9.59 Å². The molecule has 1 N–H and O–H groups in total. The van der Waals surface area contributed by atoms with Gasteiger partial charge in [0.2, 0.25) is 5.91 Å². The number of anilines is 2. The van der Waals surface area contributed by atoms with Crippen molar-refractivity contribution in [3.8, 4) is 5.75 Å². The summed E-state index contributed by atoms with van der Waals surface area (Å²) in [5.74, 6) is -0.0582. The molecule has 3 aromatic carbocycles. The molecule has 0 spiro atoms. The third-order valence-electron chi connectivity index (χ3n) is 5.28. The maximum atomic E-state index is 13.3. The summed E-state index contributed by atoms with van der Waals surface area (Å²) in [6, 6.07) is 23.7. The second-order valence-electron chi connectivity index (χ2n) is 7.40. The summed E-state index contributed by atoms with van der Waals surface area (Å²) in [6.45, 7) is 0.196. The first-order chi connectivity index (χ1) is 15.6. The lowest BCUT2D eigenvalue weighted by molar-refractivity contribution is -0.124. The molecule has 0 aromatic heterocycles. The number of amides is 4. The minimum Gasteiger partial charge on any atom is -0.497 e. The van der Waals surface area contributed by atoms with Gasteiger partial charge in [-0.15, -0.1) is 0 Å². The van der Waals surface area contributed by atoms with Crippen molar-refractivity contribution in [2.75, 3.05) is 17.3 Å². The lowest BCUT2D eigenvalue weighted by Crippen LogP contribution is -2.37. The number of ether oxygens (including phenoxy) is 1. The van der Waals surface area contributed by atoms with Crippen LogP contribution in [0, 0.1) is 0 Å². The highest BCUT2D eigenvalue weighted by atomic mass is 16.5. The van der Waals surface area contributed by atoms with E-state index in [1.165, 1.54) is 4.90 Å². The highest BCUT2D eigenvalue weighted by Gasteiger charge is 2.46. The monoisotopic (exact) mass is 429 g/mol. The second-order valence-corrected chi connectivity index (χ2v) is 7.40. The van der Waals surface area contributed by atoms with Gasteiger partial charge >= 0.3 is 6.03 Å². The predicted molar refractivity (Wildman–Crippen MR) is 121 cm³/mol. The van der Waals surface area contributed by atoms with Crippen LogP contribution in [0.1, 0.15) is 12.0 Å². The Labute approximate surface area is 186 Å². The zero-order chi connectivity index (χ0) is 22.5. The van der Waals surface area contributed by atoms with E-state index in [0.29, 0.717) is 17.1 Å². The van der Waals surface area contributed by atoms with Crippen LogP contribution >= 0.6 is 0 Å². The molecule has 3 aromatic rings. The SMILES string of the molecule is COc1ccc(CN2C(=O)N(c3ccccc3)C(=O)C2CC(=O)Nc2ccccc2)cc1. The van der Waals surface area contributed by atoms with Crippen LogP contribution in [-0.2, 0) is 16.1 Å². The number of urea groups is 1. The average molecular weight is 429 g/mol. The number of rotatable bonds is 7. The first-order valence-electron chi connectivity index (χ1n) is 10.2. The molecule has 0 saturated carbocycles. The number of nitrogens with zero attached hydrogens (tertiary/aromatic N) is 2. The number of nitrogens with one attached hydrogen (secondary N) is 1. The van der Waals surface area contributed by atoms with Crippen molar-refractivity contribution in [1.29, 1.82) is 0 Å². The zero-order valence-corrected chi connectivity index (χ0v) is 17.6. The fourth-order valence-electron chi connectivity index (χ4n) is 3.67. The quantitative estimate of drug-likeness (QED) is 0.575. The van der Waals surface area contributed by atoms with Gasteiger partial charge in [-0.05, 0) is 42.0 Å². The lowest BCUT2D eigenvalue weighted by Gasteiger charge is -2.22. The smallest absolute Gasteiger partial charge is 0.332 e. The summed E-state index contributed by atoms with van der Waals surface area (Å²) in [5.41, 5.74) is 1.94. The van der Waals surface area contributed by atoms with Crippen LogP contribution < -0.4 is 15.0 Å². The molecule has 1 heterocycles. The molecule has 7 nitrogen and oxygen atoms in total. The van der Waals surface area contributed by atoms with Crippen LogP contribution in [-0.4, -0.2) is 35.9 Å². The largest absolute Gasteiger partial charge is 0.497 e. The van der Waals surface area contributed by atoms with Gasteiger partial charge in [-0.1, -0.05) is 48.5 Å². The van der Waals surface area contributed by atoms with Gasteiger partial charge in [0.15, 0.2) is 0 Å². The third-order valence-corrected chi connectivity index (χ3v) is 5.28. The van der Waals surface area contributed by atoms with E-state index in [1.54, 1.807) is 55.6 Å². The Kier molecular flexibility index (Phi) is 6.17. The van der Waals surface area contributed by atoms with E-state index in [1.807, 2.05) is 36.4 Å². The average Bonchev–Trinajstić information content (AvgIpc) is 3.04. The molecular formula is C25H23N3O4. The Bertz CT molecular complexity index is 1100. The number of benzene rings is 3. The number of hydrogen-bond acceptors (Lipinski definition) is 4. The van der Waals surface area contributed by atoms with Gasteiger partial charge in [-0.2, -0.15) is 0 Å². The van der Waals surface area contributed by atoms with Crippen molar-refractivity contribution in [2.45, 2.75) is 19.0 Å². The lowest BCUT2D eigenvalue weighted by atomic mass is 10.1. The van der Waals surface area contributed by atoms with Crippen molar-refractivity contribution in [3.63, 3.8) is 0 Å². The van der Waals surface area contributed by atoms with E-state index in [2.05, 4.69) is 5.32 Å². The molecule has 1 aliphatic rings. The molecule has 4 rings (SSSR count). The molecule has 0 bridgehead atoms. The highest BCUT2D eigenvalue weighted by Crippen LogP contribution is 2.28. The fraction of sp³-hybridized carbons (Fsp3) is 0.160. The number of para-hydroxylation sites is 2. The maximum Gasteiger partial charge on any atom is 0.332 e. The first-order valence-corrected chi connectivity index (χ1v) is 10.2. The molecule has 7 heteroatoms. The van der Waals surface area contributed by atoms with E-state index in [9.17, 15) is 14.4 Å². The summed E-state index contributed by atoms with van der Waals surface area (Å²) in [6.07, 6.45) is -0.140. The van der Waals surface area contributed by atoms with E-state index < -0.39 is 18.0 Å². The summed E-state index contributed by atoms with van der Waals surface area (Å²) in [4.78, 5) is 41.8. The van der Waals surface area contributed by atoms with E-state index >= 15 is 0 Å². The normalized spacial score (nSPS) is 15.7. The van der Waals surface area contributed by atoms with Crippen LogP contribution in [0.5, 0.6) is 5.75 Å². The summed E-state index contributed by atoms with van der Waals surface area (Å²) >= 11 is 0. The van der Waals surface area contributed by atoms with Crippen molar-refractivity contribution in [1.82, 2.24) is 4.90 Å². The molecule has 0 radical (unpaired) electrons. The van der Waals surface area contributed by atoms with Crippen LogP contribution in [0.25, 0.3) is 0 Å². The summed E-state index contributed by atoms with van der Waals surface area (Å²) < 4.78 is 5.19. The molecule has 32 heavy (non-hydrogen) atoms. The van der Waals surface area contributed by atoms with Crippen molar-refractivity contribution in [3.05, 3.63) is 90.5 Å². The van der Waals surface area contributed by atoms with Gasteiger partial charge in [0.25, 0.3) is 5.91 Å². The van der Waals surface area contributed by atoms with Gasteiger partial charge in [-0.25, -0.2) is 9.69 Å². The molecule has 1 atom stereocenters. The van der Waals surface area contributed by atoms with Gasteiger partial charge in [0.05, 0.1) is 19.2 Å². The number of carbonyl (C=O) groups excluding carboxylic acids is 3. The Morgan fingerprint density at radius 2 is 1.53 bits per heavy atom. The van der Waals surface area contributed by atoms with Crippen LogP contribution in [0.2, 0.25) is 0 Å². The molecule has 4 amide bonds. The molecule has 0 aliphatic carbocycles. The second kappa shape index (κ2) is 9.34. The molecule has 1 fully saturated rings. The first kappa shape index (κ1) is 21.1. The molecule has 162 valence electrons. The molecule has 1 unspecified atom stereocenters. The number of hydrogen-bond donors (Lipinski definition) is 1. The summed E-state index contributed by atoms with van der Waals surface area (Å²) in [5, 5.41) is 2.79. The molecular weight excluding hydrogens is 406 g/mol. The van der Waals surface area contributed by atoms with E-state index in [0.717, 1.165) is 10.5 Å². The van der Waals surface area contributed by atoms with Crippen LogP contribution in [0.15, 0.2) is 84.9 Å². The number of imide groups is 1. The minimum atomic E-state index is -0.909. The Morgan fingerprint density at radius 1 is 0.906 bits per heavy atom. The minimum absolute atomic E-state index is 0.140. The zero-order valence-electron chi connectivity index (χ0n) is 17.6. The van der Waals surface area contributed by atoms with Gasteiger partial charge in [0, 0.05) is 12.2 Å².